The number of benzene rings is 1. The van der Waals surface area contributed by atoms with Gasteiger partial charge in [0.2, 0.25) is 0 Å². The molecule has 9 heteroatoms. The first-order chi connectivity index (χ1) is 14.1. The van der Waals surface area contributed by atoms with E-state index in [1.807, 2.05) is 30.3 Å². The van der Waals surface area contributed by atoms with Gasteiger partial charge in [-0.15, -0.1) is 22.7 Å². The summed E-state index contributed by atoms with van der Waals surface area (Å²) in [6, 6.07) is 8.95. The highest BCUT2D eigenvalue weighted by Gasteiger charge is 2.25. The predicted octanol–water partition coefficient (Wildman–Crippen LogP) is 2.76. The van der Waals surface area contributed by atoms with Crippen LogP contribution in [-0.2, 0) is 24.2 Å². The van der Waals surface area contributed by atoms with Gasteiger partial charge in [-0.2, -0.15) is 0 Å². The van der Waals surface area contributed by atoms with Crippen LogP contribution in [0.25, 0.3) is 0 Å². The Kier molecular flexibility index (Phi) is 8.12. The second-order valence-electron chi connectivity index (χ2n) is 6.72. The summed E-state index contributed by atoms with van der Waals surface area (Å²) in [5.74, 6) is 0. The minimum atomic E-state index is -0.811. The topological polar surface area (TPSA) is 110 Å². The van der Waals surface area contributed by atoms with E-state index >= 15 is 0 Å². The van der Waals surface area contributed by atoms with E-state index in [1.54, 1.807) is 23.4 Å². The average molecular weight is 433 g/mol. The molecule has 0 bridgehead atoms. The molecule has 3 unspecified atom stereocenters. The van der Waals surface area contributed by atoms with Gasteiger partial charge in [0, 0.05) is 23.3 Å². The van der Waals surface area contributed by atoms with Gasteiger partial charge in [0.1, 0.15) is 6.61 Å². The molecule has 0 aliphatic carbocycles. The number of aliphatic hydroxyl groups is 1. The highest BCUT2D eigenvalue weighted by molar-refractivity contribution is 7.09. The molecule has 3 rings (SSSR count). The number of hydrogen-bond donors (Lipinski definition) is 3. The second-order valence-corrected chi connectivity index (χ2v) is 8.66. The van der Waals surface area contributed by atoms with Crippen LogP contribution >= 0.6 is 22.7 Å². The van der Waals surface area contributed by atoms with E-state index < -0.39 is 18.2 Å². The summed E-state index contributed by atoms with van der Waals surface area (Å²) in [6.45, 7) is 0.148. The van der Waals surface area contributed by atoms with Crippen LogP contribution in [0.4, 0.5) is 4.79 Å². The van der Waals surface area contributed by atoms with Gasteiger partial charge < -0.3 is 20.9 Å². The SMILES string of the molecule is NC(Cc1cncs1)CC(O)C(Cc1ccccc1)NC(=O)OCc1cncs1. The number of ether oxygens (including phenoxy) is 1. The molecule has 7 nitrogen and oxygen atoms in total. The first kappa shape index (κ1) is 21.4. The second kappa shape index (κ2) is 11.0. The van der Waals surface area contributed by atoms with Crippen LogP contribution < -0.4 is 11.1 Å². The van der Waals surface area contributed by atoms with Crippen molar-refractivity contribution in [1.82, 2.24) is 15.3 Å². The van der Waals surface area contributed by atoms with Crippen molar-refractivity contribution >= 4 is 28.8 Å². The maximum atomic E-state index is 12.3. The van der Waals surface area contributed by atoms with E-state index in [1.165, 1.54) is 22.7 Å². The van der Waals surface area contributed by atoms with Crippen LogP contribution in [0, 0.1) is 0 Å². The molecule has 3 aromatic rings. The number of alkyl carbamates (subject to hydrolysis) is 1. The molecule has 29 heavy (non-hydrogen) atoms. The zero-order chi connectivity index (χ0) is 20.5. The molecule has 0 spiro atoms. The van der Waals surface area contributed by atoms with Crippen LogP contribution in [0.5, 0.6) is 0 Å². The third-order valence-corrected chi connectivity index (χ3v) is 5.94. The third kappa shape index (κ3) is 7.21. The summed E-state index contributed by atoms with van der Waals surface area (Å²) < 4.78 is 5.27. The fourth-order valence-electron chi connectivity index (χ4n) is 2.95. The van der Waals surface area contributed by atoms with Gasteiger partial charge in [0.05, 0.1) is 28.0 Å². The number of carbonyl (C=O) groups excluding carboxylic acids is 1. The van der Waals surface area contributed by atoms with Crippen molar-refractivity contribution in [2.75, 3.05) is 0 Å². The lowest BCUT2D eigenvalue weighted by molar-refractivity contribution is 0.0925. The summed E-state index contributed by atoms with van der Waals surface area (Å²) in [7, 11) is 0. The molecule has 0 fully saturated rings. The van der Waals surface area contributed by atoms with Crippen molar-refractivity contribution in [1.29, 1.82) is 0 Å². The zero-order valence-electron chi connectivity index (χ0n) is 15.8. The molecule has 4 N–H and O–H groups in total. The summed E-state index contributed by atoms with van der Waals surface area (Å²) in [5, 5.41) is 13.6. The smallest absolute Gasteiger partial charge is 0.407 e. The molecule has 2 aromatic heterocycles. The summed E-state index contributed by atoms with van der Waals surface area (Å²) in [5.41, 5.74) is 10.7. The van der Waals surface area contributed by atoms with Crippen molar-refractivity contribution < 1.29 is 14.6 Å². The molecule has 1 amide bonds. The number of amides is 1. The number of nitrogens with zero attached hydrogens (tertiary/aromatic N) is 2. The minimum absolute atomic E-state index is 0.148. The van der Waals surface area contributed by atoms with E-state index in [-0.39, 0.29) is 12.6 Å². The Balaban J connectivity index is 1.58. The van der Waals surface area contributed by atoms with Crippen molar-refractivity contribution in [3.05, 3.63) is 69.1 Å². The first-order valence-electron chi connectivity index (χ1n) is 9.25. The number of aromatic nitrogens is 2. The lowest BCUT2D eigenvalue weighted by atomic mass is 9.95. The van der Waals surface area contributed by atoms with E-state index in [4.69, 9.17) is 10.5 Å². The Morgan fingerprint density at radius 1 is 1.10 bits per heavy atom. The molecule has 0 aliphatic rings. The Hall–Kier alpha value is -2.33. The third-order valence-electron chi connectivity index (χ3n) is 4.39. The molecule has 3 atom stereocenters. The molecule has 1 aromatic carbocycles. The number of hydrogen-bond acceptors (Lipinski definition) is 8. The Bertz CT molecular complexity index is 844. The quantitative estimate of drug-likeness (QED) is 0.454. The van der Waals surface area contributed by atoms with Gasteiger partial charge in [-0.1, -0.05) is 30.3 Å². The molecule has 0 radical (unpaired) electrons. The maximum absolute atomic E-state index is 12.3. The van der Waals surface area contributed by atoms with Crippen LogP contribution in [0.2, 0.25) is 0 Å². The van der Waals surface area contributed by atoms with Crippen molar-refractivity contribution in [2.45, 2.75) is 44.1 Å². The maximum Gasteiger partial charge on any atom is 0.407 e. The molecule has 0 saturated carbocycles. The van der Waals surface area contributed by atoms with E-state index in [2.05, 4.69) is 15.3 Å². The van der Waals surface area contributed by atoms with Crippen LogP contribution in [0.1, 0.15) is 21.7 Å². The predicted molar refractivity (Wildman–Crippen MR) is 114 cm³/mol. The van der Waals surface area contributed by atoms with E-state index in [9.17, 15) is 9.90 Å². The van der Waals surface area contributed by atoms with Gasteiger partial charge in [0.25, 0.3) is 0 Å². The largest absolute Gasteiger partial charge is 0.444 e. The van der Waals surface area contributed by atoms with Crippen LogP contribution in [0.3, 0.4) is 0 Å². The van der Waals surface area contributed by atoms with E-state index in [0.29, 0.717) is 19.3 Å². The lowest BCUT2D eigenvalue weighted by Gasteiger charge is -2.26. The Morgan fingerprint density at radius 2 is 1.79 bits per heavy atom. The van der Waals surface area contributed by atoms with Gasteiger partial charge in [0.15, 0.2) is 0 Å². The molecule has 154 valence electrons. The van der Waals surface area contributed by atoms with Crippen LogP contribution in [0.15, 0.2) is 53.7 Å². The molecular formula is C20H24N4O3S2. The normalized spacial score (nSPS) is 14.1. The number of aliphatic hydroxyl groups excluding tert-OH is 1. The average Bonchev–Trinajstić information content (AvgIpc) is 3.40. The van der Waals surface area contributed by atoms with Gasteiger partial charge >= 0.3 is 6.09 Å². The number of carbonyl (C=O) groups is 1. The number of nitrogens with one attached hydrogen (secondary N) is 1. The highest BCUT2D eigenvalue weighted by atomic mass is 32.1. The summed E-state index contributed by atoms with van der Waals surface area (Å²) in [6.07, 6.45) is 3.52. The Morgan fingerprint density at radius 3 is 2.45 bits per heavy atom. The fraction of sp³-hybridized carbons (Fsp3) is 0.350. The number of rotatable bonds is 10. The minimum Gasteiger partial charge on any atom is -0.444 e. The number of thiazole rings is 2. The zero-order valence-corrected chi connectivity index (χ0v) is 17.4. The van der Waals surface area contributed by atoms with Gasteiger partial charge in [-0.25, -0.2) is 4.79 Å². The first-order valence-corrected chi connectivity index (χ1v) is 11.0. The van der Waals surface area contributed by atoms with E-state index in [0.717, 1.165) is 15.3 Å². The number of nitrogens with two attached hydrogens (primary N) is 1. The van der Waals surface area contributed by atoms with Crippen molar-refractivity contribution in [2.24, 2.45) is 5.73 Å². The van der Waals surface area contributed by atoms with Crippen molar-refractivity contribution in [3.63, 3.8) is 0 Å². The Labute approximate surface area is 177 Å². The monoisotopic (exact) mass is 432 g/mol. The lowest BCUT2D eigenvalue weighted by Crippen LogP contribution is -2.47. The standard InChI is InChI=1S/C20H24N4O3S2/c21-15(7-16-9-22-12-28-16)8-19(25)18(6-14-4-2-1-3-5-14)24-20(26)27-11-17-10-23-13-29-17/h1-5,9-10,12-13,15,18-19,25H,6-8,11,21H2,(H,24,26). The summed E-state index contributed by atoms with van der Waals surface area (Å²) in [4.78, 5) is 22.2. The molecular weight excluding hydrogens is 408 g/mol. The van der Waals surface area contributed by atoms with Gasteiger partial charge in [-0.05, 0) is 24.8 Å². The van der Waals surface area contributed by atoms with Gasteiger partial charge in [-0.3, -0.25) is 9.97 Å². The van der Waals surface area contributed by atoms with Crippen LogP contribution in [-0.4, -0.2) is 39.4 Å². The molecule has 0 saturated heterocycles. The summed E-state index contributed by atoms with van der Waals surface area (Å²) >= 11 is 2.96. The van der Waals surface area contributed by atoms with Crippen molar-refractivity contribution in [3.8, 4) is 0 Å². The molecule has 2 heterocycles. The highest BCUT2D eigenvalue weighted by Crippen LogP contribution is 2.15. The molecule has 0 aliphatic heterocycles. The fourth-order valence-corrected chi connectivity index (χ4v) is 4.15.